The van der Waals surface area contributed by atoms with Crippen LogP contribution in [-0.2, 0) is 25.5 Å². The number of carbonyl (C=O) groups is 4. The van der Waals surface area contributed by atoms with Gasteiger partial charge in [-0.25, -0.2) is 0 Å². The van der Waals surface area contributed by atoms with Crippen LogP contribution in [0.4, 0.5) is 5.69 Å². The van der Waals surface area contributed by atoms with Crippen molar-refractivity contribution in [1.29, 1.82) is 0 Å². The number of carbonyl (C=O) groups excluding carboxylic acids is 4. The Balaban J connectivity index is 1.56. The van der Waals surface area contributed by atoms with Crippen molar-refractivity contribution in [2.75, 3.05) is 18.5 Å². The molecule has 0 saturated carbocycles. The van der Waals surface area contributed by atoms with Crippen LogP contribution in [0, 0.1) is 13.8 Å². The summed E-state index contributed by atoms with van der Waals surface area (Å²) < 4.78 is 4.94. The maximum Gasteiger partial charge on any atom is 0.326 e. The fourth-order valence-electron chi connectivity index (χ4n) is 2.95. The molecule has 7 nitrogen and oxygen atoms in total. The second kappa shape index (κ2) is 8.04. The molecule has 2 aromatic carbocycles. The quantitative estimate of drug-likeness (QED) is 0.633. The first kappa shape index (κ1) is 19.3. The average molecular weight is 380 g/mol. The molecule has 0 aromatic heterocycles. The van der Waals surface area contributed by atoms with Crippen molar-refractivity contribution >= 4 is 29.4 Å². The molecular weight excluding hydrogens is 360 g/mol. The lowest BCUT2D eigenvalue weighted by molar-refractivity contribution is -0.150. The molecule has 1 aliphatic rings. The second-order valence-corrected chi connectivity index (χ2v) is 6.58. The lowest BCUT2D eigenvalue weighted by atomic mass is 9.98. The van der Waals surface area contributed by atoms with E-state index in [4.69, 9.17) is 4.74 Å². The number of aryl methyl sites for hydroxylation is 1. The molecule has 0 fully saturated rings. The summed E-state index contributed by atoms with van der Waals surface area (Å²) in [5.74, 6) is -2.33. The normalized spacial score (nSPS) is 13.1. The van der Waals surface area contributed by atoms with Gasteiger partial charge in [0.25, 0.3) is 11.8 Å². The van der Waals surface area contributed by atoms with Crippen molar-refractivity contribution in [2.24, 2.45) is 0 Å². The first-order chi connectivity index (χ1) is 13.4. The summed E-state index contributed by atoms with van der Waals surface area (Å²) in [6.07, 6.45) is 0.0440. The first-order valence-corrected chi connectivity index (χ1v) is 8.81. The van der Waals surface area contributed by atoms with Gasteiger partial charge in [-0.1, -0.05) is 30.3 Å². The summed E-state index contributed by atoms with van der Waals surface area (Å²) >= 11 is 0. The van der Waals surface area contributed by atoms with Gasteiger partial charge in [0.15, 0.2) is 6.61 Å². The minimum atomic E-state index is -0.822. The number of anilines is 1. The largest absolute Gasteiger partial charge is 0.454 e. The van der Waals surface area contributed by atoms with E-state index in [2.05, 4.69) is 5.32 Å². The lowest BCUT2D eigenvalue weighted by Crippen LogP contribution is -2.45. The van der Waals surface area contributed by atoms with Crippen LogP contribution in [0.1, 0.15) is 27.0 Å². The molecule has 28 heavy (non-hydrogen) atoms. The fraction of sp³-hybridized carbons (Fsp3) is 0.238. The first-order valence-electron chi connectivity index (χ1n) is 8.81. The Morgan fingerprint density at radius 1 is 1.07 bits per heavy atom. The molecule has 1 aliphatic heterocycles. The molecule has 0 radical (unpaired) electrons. The Bertz CT molecular complexity index is 967. The van der Waals surface area contributed by atoms with Crippen molar-refractivity contribution < 1.29 is 23.9 Å². The van der Waals surface area contributed by atoms with Gasteiger partial charge < -0.3 is 10.1 Å². The molecule has 0 spiro atoms. The van der Waals surface area contributed by atoms with Gasteiger partial charge in [0.1, 0.15) is 6.54 Å². The predicted octanol–water partition coefficient (Wildman–Crippen LogP) is 2.01. The summed E-state index contributed by atoms with van der Waals surface area (Å²) in [6, 6.07) is 12.3. The van der Waals surface area contributed by atoms with Gasteiger partial charge in [-0.05, 0) is 42.7 Å². The van der Waals surface area contributed by atoms with Gasteiger partial charge in [0, 0.05) is 11.3 Å². The smallest absolute Gasteiger partial charge is 0.326 e. The fourth-order valence-corrected chi connectivity index (χ4v) is 2.95. The average Bonchev–Trinajstić information content (AvgIpc) is 2.67. The molecule has 0 unspecified atom stereocenters. The zero-order valence-corrected chi connectivity index (χ0v) is 15.7. The maximum absolute atomic E-state index is 12.4. The third kappa shape index (κ3) is 4.09. The van der Waals surface area contributed by atoms with E-state index in [0.717, 1.165) is 16.0 Å². The van der Waals surface area contributed by atoms with Gasteiger partial charge in [-0.2, -0.15) is 0 Å². The lowest BCUT2D eigenvalue weighted by Gasteiger charge is -2.25. The number of imide groups is 1. The minimum absolute atomic E-state index is 0.0440. The molecule has 1 heterocycles. The van der Waals surface area contributed by atoms with Crippen molar-refractivity contribution in [2.45, 2.75) is 20.3 Å². The number of hydrogen-bond acceptors (Lipinski definition) is 5. The number of benzene rings is 2. The number of nitrogens with one attached hydrogen (secondary N) is 1. The van der Waals surface area contributed by atoms with Crippen LogP contribution in [0.25, 0.3) is 0 Å². The highest BCUT2D eigenvalue weighted by Crippen LogP contribution is 2.20. The van der Waals surface area contributed by atoms with E-state index in [9.17, 15) is 19.2 Å². The van der Waals surface area contributed by atoms with Crippen molar-refractivity contribution in [3.8, 4) is 0 Å². The van der Waals surface area contributed by atoms with Crippen LogP contribution >= 0.6 is 0 Å². The van der Waals surface area contributed by atoms with Crippen LogP contribution in [-0.4, -0.2) is 41.7 Å². The van der Waals surface area contributed by atoms with Crippen molar-refractivity contribution in [1.82, 2.24) is 4.90 Å². The number of fused-ring (bicyclic) bond motifs is 1. The van der Waals surface area contributed by atoms with E-state index in [1.54, 1.807) is 30.3 Å². The number of rotatable bonds is 5. The molecule has 7 heteroatoms. The SMILES string of the molecule is Cc1cccc(NC(=O)COC(=O)CN2C(=O)Cc3ccccc3C2=O)c1C. The predicted molar refractivity (Wildman–Crippen MR) is 102 cm³/mol. The summed E-state index contributed by atoms with van der Waals surface area (Å²) in [7, 11) is 0. The summed E-state index contributed by atoms with van der Waals surface area (Å²) in [5.41, 5.74) is 3.61. The molecule has 3 amide bonds. The van der Waals surface area contributed by atoms with Gasteiger partial charge in [-0.3, -0.25) is 24.1 Å². The van der Waals surface area contributed by atoms with E-state index in [0.29, 0.717) is 16.8 Å². The molecule has 0 saturated heterocycles. The van der Waals surface area contributed by atoms with Crippen LogP contribution in [0.15, 0.2) is 42.5 Å². The summed E-state index contributed by atoms with van der Waals surface area (Å²) in [5, 5.41) is 2.68. The zero-order valence-electron chi connectivity index (χ0n) is 15.7. The number of hydrogen-bond donors (Lipinski definition) is 1. The van der Waals surface area contributed by atoms with E-state index in [1.165, 1.54) is 0 Å². The molecule has 0 bridgehead atoms. The van der Waals surface area contributed by atoms with Crippen LogP contribution in [0.5, 0.6) is 0 Å². The summed E-state index contributed by atoms with van der Waals surface area (Å²) in [6.45, 7) is 2.78. The Labute approximate surface area is 162 Å². The van der Waals surface area contributed by atoms with Gasteiger partial charge in [-0.15, -0.1) is 0 Å². The summed E-state index contributed by atoms with van der Waals surface area (Å²) in [4.78, 5) is 49.5. The van der Waals surface area contributed by atoms with E-state index in [1.807, 2.05) is 26.0 Å². The topological polar surface area (TPSA) is 92.8 Å². The third-order valence-electron chi connectivity index (χ3n) is 4.67. The Kier molecular flexibility index (Phi) is 5.54. The Morgan fingerprint density at radius 2 is 1.82 bits per heavy atom. The van der Waals surface area contributed by atoms with Crippen molar-refractivity contribution in [3.05, 3.63) is 64.7 Å². The molecular formula is C21H20N2O5. The molecule has 0 aliphatic carbocycles. The van der Waals surface area contributed by atoms with Crippen LogP contribution in [0.2, 0.25) is 0 Å². The Hall–Kier alpha value is -3.48. The van der Waals surface area contributed by atoms with Gasteiger partial charge in [0.05, 0.1) is 6.42 Å². The van der Waals surface area contributed by atoms with E-state index >= 15 is 0 Å². The standard InChI is InChI=1S/C21H20N2O5/c1-13-6-5-9-17(14(13)2)22-18(24)12-28-20(26)11-23-19(25)10-15-7-3-4-8-16(15)21(23)27/h3-9H,10-12H2,1-2H3,(H,22,24). The van der Waals surface area contributed by atoms with Crippen LogP contribution in [0.3, 0.4) is 0 Å². The third-order valence-corrected chi connectivity index (χ3v) is 4.67. The van der Waals surface area contributed by atoms with Gasteiger partial charge >= 0.3 is 5.97 Å². The zero-order chi connectivity index (χ0) is 20.3. The van der Waals surface area contributed by atoms with Gasteiger partial charge in [0.2, 0.25) is 5.91 Å². The minimum Gasteiger partial charge on any atom is -0.454 e. The number of nitrogens with zero attached hydrogens (tertiary/aromatic N) is 1. The molecule has 3 rings (SSSR count). The maximum atomic E-state index is 12.4. The highest BCUT2D eigenvalue weighted by Gasteiger charge is 2.32. The molecule has 144 valence electrons. The van der Waals surface area contributed by atoms with E-state index < -0.39 is 36.8 Å². The highest BCUT2D eigenvalue weighted by molar-refractivity contribution is 6.11. The monoisotopic (exact) mass is 380 g/mol. The Morgan fingerprint density at radius 3 is 2.61 bits per heavy atom. The highest BCUT2D eigenvalue weighted by atomic mass is 16.5. The number of amides is 3. The van der Waals surface area contributed by atoms with Crippen molar-refractivity contribution in [3.63, 3.8) is 0 Å². The second-order valence-electron chi connectivity index (χ2n) is 6.58. The number of esters is 1. The van der Waals surface area contributed by atoms with Crippen LogP contribution < -0.4 is 5.32 Å². The number of ether oxygens (including phenoxy) is 1. The molecule has 1 N–H and O–H groups in total. The molecule has 0 atom stereocenters. The van der Waals surface area contributed by atoms with E-state index in [-0.39, 0.29) is 6.42 Å². The molecule has 2 aromatic rings.